The highest BCUT2D eigenvalue weighted by atomic mass is 15.2. The molecule has 0 spiro atoms. The molecule has 1 unspecified atom stereocenters. The summed E-state index contributed by atoms with van der Waals surface area (Å²) in [6.45, 7) is 11.3. The van der Waals surface area contributed by atoms with E-state index in [2.05, 4.69) is 37.1 Å². The molecule has 0 aromatic heterocycles. The third-order valence-corrected chi connectivity index (χ3v) is 3.00. The third kappa shape index (κ3) is 4.11. The zero-order valence-corrected chi connectivity index (χ0v) is 11.1. The van der Waals surface area contributed by atoms with Crippen LogP contribution in [0.4, 0.5) is 0 Å². The van der Waals surface area contributed by atoms with Crippen LogP contribution >= 0.6 is 0 Å². The van der Waals surface area contributed by atoms with Crippen molar-refractivity contribution >= 4 is 0 Å². The molecule has 1 saturated carbocycles. The highest BCUT2D eigenvalue weighted by molar-refractivity contribution is 5.07. The summed E-state index contributed by atoms with van der Waals surface area (Å²) in [5.74, 6) is 0.671. The Balaban J connectivity index is 2.55. The number of nitriles is 1. The number of rotatable bonds is 7. The molecule has 1 aliphatic rings. The maximum Gasteiger partial charge on any atom is 0.116 e. The van der Waals surface area contributed by atoms with Crippen LogP contribution in [0.2, 0.25) is 0 Å². The summed E-state index contributed by atoms with van der Waals surface area (Å²) in [5, 5.41) is 12.6. The van der Waals surface area contributed by atoms with Gasteiger partial charge in [-0.2, -0.15) is 5.26 Å². The van der Waals surface area contributed by atoms with Crippen molar-refractivity contribution in [3.05, 3.63) is 0 Å². The molecule has 1 atom stereocenters. The van der Waals surface area contributed by atoms with E-state index in [0.717, 1.165) is 25.7 Å². The summed E-state index contributed by atoms with van der Waals surface area (Å²) in [6, 6.07) is 3.14. The largest absolute Gasteiger partial charge is 0.299 e. The van der Waals surface area contributed by atoms with Crippen molar-refractivity contribution in [1.82, 2.24) is 10.2 Å². The van der Waals surface area contributed by atoms with Gasteiger partial charge in [0.15, 0.2) is 0 Å². The number of hydrogen-bond donors (Lipinski definition) is 1. The van der Waals surface area contributed by atoms with Crippen LogP contribution in [0, 0.1) is 17.2 Å². The van der Waals surface area contributed by atoms with Crippen LogP contribution in [-0.4, -0.2) is 36.1 Å². The number of hydrogen-bond acceptors (Lipinski definition) is 3. The molecule has 0 aromatic carbocycles. The molecule has 0 heterocycles. The Kier molecular flexibility index (Phi) is 4.76. The van der Waals surface area contributed by atoms with E-state index in [-0.39, 0.29) is 0 Å². The molecular weight excluding hydrogens is 198 g/mol. The van der Waals surface area contributed by atoms with Crippen molar-refractivity contribution in [1.29, 1.82) is 5.26 Å². The summed E-state index contributed by atoms with van der Waals surface area (Å²) in [6.07, 6.45) is 2.61. The first-order chi connectivity index (χ1) is 7.50. The van der Waals surface area contributed by atoms with Crippen molar-refractivity contribution in [2.75, 3.05) is 19.6 Å². The number of nitrogens with one attached hydrogen (secondary N) is 1. The Bertz CT molecular complexity index is 252. The number of likely N-dealkylation sites (N-methyl/N-ethyl adjacent to an activating group) is 1. The van der Waals surface area contributed by atoms with E-state index in [0.29, 0.717) is 5.92 Å². The molecule has 1 fully saturated rings. The molecule has 0 aromatic rings. The van der Waals surface area contributed by atoms with Gasteiger partial charge in [-0.25, -0.2) is 0 Å². The standard InChI is InChI=1S/C13H25N3/c1-5-15-13(4,9-14)10-16(8-11(2)3)12-6-7-12/h11-12,15H,5-8,10H2,1-4H3. The fourth-order valence-corrected chi connectivity index (χ4v) is 2.18. The normalized spacial score (nSPS) is 19.8. The van der Waals surface area contributed by atoms with E-state index in [1.165, 1.54) is 12.8 Å². The Labute approximate surface area is 99.8 Å². The molecule has 0 amide bonds. The van der Waals surface area contributed by atoms with Gasteiger partial charge in [0.1, 0.15) is 5.54 Å². The van der Waals surface area contributed by atoms with Gasteiger partial charge >= 0.3 is 0 Å². The van der Waals surface area contributed by atoms with E-state index in [1.807, 2.05) is 6.92 Å². The van der Waals surface area contributed by atoms with E-state index in [9.17, 15) is 5.26 Å². The topological polar surface area (TPSA) is 39.1 Å². The average molecular weight is 223 g/mol. The van der Waals surface area contributed by atoms with Crippen LogP contribution in [0.1, 0.15) is 40.5 Å². The lowest BCUT2D eigenvalue weighted by atomic mass is 10.0. The zero-order chi connectivity index (χ0) is 12.2. The Morgan fingerprint density at radius 2 is 2.12 bits per heavy atom. The second-order valence-electron chi connectivity index (χ2n) is 5.53. The van der Waals surface area contributed by atoms with Gasteiger partial charge in [-0.3, -0.25) is 10.2 Å². The van der Waals surface area contributed by atoms with Crippen LogP contribution < -0.4 is 5.32 Å². The van der Waals surface area contributed by atoms with E-state index in [4.69, 9.17) is 0 Å². The highest BCUT2D eigenvalue weighted by Gasteiger charge is 2.34. The summed E-state index contributed by atoms with van der Waals surface area (Å²) in [5.41, 5.74) is -0.397. The van der Waals surface area contributed by atoms with Crippen LogP contribution in [0.5, 0.6) is 0 Å². The molecule has 1 N–H and O–H groups in total. The minimum atomic E-state index is -0.397. The summed E-state index contributed by atoms with van der Waals surface area (Å²) >= 11 is 0. The lowest BCUT2D eigenvalue weighted by molar-refractivity contribution is 0.192. The molecule has 0 aliphatic heterocycles. The van der Waals surface area contributed by atoms with Crippen LogP contribution in [0.25, 0.3) is 0 Å². The van der Waals surface area contributed by atoms with Gasteiger partial charge in [0, 0.05) is 19.1 Å². The smallest absolute Gasteiger partial charge is 0.116 e. The molecule has 0 saturated heterocycles. The van der Waals surface area contributed by atoms with Crippen LogP contribution in [0.15, 0.2) is 0 Å². The second-order valence-corrected chi connectivity index (χ2v) is 5.53. The van der Waals surface area contributed by atoms with Gasteiger partial charge in [-0.1, -0.05) is 20.8 Å². The number of nitrogens with zero attached hydrogens (tertiary/aromatic N) is 2. The van der Waals surface area contributed by atoms with Gasteiger partial charge in [0.25, 0.3) is 0 Å². The predicted octanol–water partition coefficient (Wildman–Crippen LogP) is 2.00. The molecule has 3 heteroatoms. The summed E-state index contributed by atoms with van der Waals surface area (Å²) in [4.78, 5) is 2.48. The summed E-state index contributed by atoms with van der Waals surface area (Å²) < 4.78 is 0. The maximum atomic E-state index is 9.26. The highest BCUT2D eigenvalue weighted by Crippen LogP contribution is 2.28. The van der Waals surface area contributed by atoms with Crippen molar-refractivity contribution in [2.24, 2.45) is 5.92 Å². The molecule has 0 bridgehead atoms. The fourth-order valence-electron chi connectivity index (χ4n) is 2.18. The SMILES string of the molecule is CCNC(C)(C#N)CN(CC(C)C)C1CC1. The molecule has 0 radical (unpaired) electrons. The minimum absolute atomic E-state index is 0.397. The van der Waals surface area contributed by atoms with E-state index >= 15 is 0 Å². The fraction of sp³-hybridized carbons (Fsp3) is 0.923. The predicted molar refractivity (Wildman–Crippen MR) is 67.1 cm³/mol. The maximum absolute atomic E-state index is 9.26. The van der Waals surface area contributed by atoms with Crippen molar-refractivity contribution in [3.63, 3.8) is 0 Å². The second kappa shape index (κ2) is 5.65. The Morgan fingerprint density at radius 1 is 1.50 bits per heavy atom. The van der Waals surface area contributed by atoms with E-state index in [1.54, 1.807) is 0 Å². The van der Waals surface area contributed by atoms with Crippen molar-refractivity contribution < 1.29 is 0 Å². The van der Waals surface area contributed by atoms with Crippen molar-refractivity contribution in [3.8, 4) is 6.07 Å². The van der Waals surface area contributed by atoms with E-state index < -0.39 is 5.54 Å². The molecular formula is C13H25N3. The Morgan fingerprint density at radius 3 is 2.50 bits per heavy atom. The molecule has 92 valence electrons. The zero-order valence-electron chi connectivity index (χ0n) is 11.1. The third-order valence-electron chi connectivity index (χ3n) is 3.00. The van der Waals surface area contributed by atoms with Gasteiger partial charge < -0.3 is 0 Å². The first-order valence-electron chi connectivity index (χ1n) is 6.41. The van der Waals surface area contributed by atoms with Crippen LogP contribution in [0.3, 0.4) is 0 Å². The Hall–Kier alpha value is -0.590. The summed E-state index contributed by atoms with van der Waals surface area (Å²) in [7, 11) is 0. The quantitative estimate of drug-likeness (QED) is 0.717. The average Bonchev–Trinajstić information content (AvgIpc) is 2.99. The lowest BCUT2D eigenvalue weighted by Gasteiger charge is -2.32. The van der Waals surface area contributed by atoms with Gasteiger partial charge in [0.05, 0.1) is 6.07 Å². The first-order valence-corrected chi connectivity index (χ1v) is 6.41. The lowest BCUT2D eigenvalue weighted by Crippen LogP contribution is -2.51. The van der Waals surface area contributed by atoms with Crippen LogP contribution in [-0.2, 0) is 0 Å². The first kappa shape index (κ1) is 13.5. The minimum Gasteiger partial charge on any atom is -0.299 e. The molecule has 16 heavy (non-hydrogen) atoms. The van der Waals surface area contributed by atoms with Gasteiger partial charge in [-0.15, -0.1) is 0 Å². The van der Waals surface area contributed by atoms with Crippen molar-refractivity contribution in [2.45, 2.75) is 52.1 Å². The van der Waals surface area contributed by atoms with Gasteiger partial charge in [-0.05, 0) is 32.2 Å². The monoisotopic (exact) mass is 223 g/mol. The van der Waals surface area contributed by atoms with Gasteiger partial charge in [0.2, 0.25) is 0 Å². The molecule has 3 nitrogen and oxygen atoms in total. The molecule has 1 aliphatic carbocycles. The molecule has 1 rings (SSSR count).